The first-order chi connectivity index (χ1) is 9.90. The van der Waals surface area contributed by atoms with Gasteiger partial charge in [0, 0.05) is 9.50 Å². The van der Waals surface area contributed by atoms with Crippen LogP contribution in [-0.2, 0) is 10.0 Å². The van der Waals surface area contributed by atoms with E-state index in [1.54, 1.807) is 30.3 Å². The Kier molecular flexibility index (Phi) is 5.00. The van der Waals surface area contributed by atoms with Gasteiger partial charge in [0.05, 0.1) is 10.5 Å². The van der Waals surface area contributed by atoms with E-state index in [1.807, 2.05) is 4.83 Å². The van der Waals surface area contributed by atoms with E-state index in [-0.39, 0.29) is 9.92 Å². The zero-order chi connectivity index (χ0) is 15.5. The van der Waals surface area contributed by atoms with Gasteiger partial charge in [0.2, 0.25) is 0 Å². The number of carbonyl (C=O) groups is 1. The maximum absolute atomic E-state index is 12.0. The van der Waals surface area contributed by atoms with E-state index >= 15 is 0 Å². The SMILES string of the molecule is O=C(NNS(=O)(=O)c1cccc(Cl)c1)c1ccccc1Br. The standard InChI is InChI=1S/C13H10BrClN2O3S/c14-12-7-2-1-6-11(12)13(18)16-17-21(19,20)10-5-3-4-9(15)8-10/h1-8,17H,(H,16,18). The number of nitrogens with one attached hydrogen (secondary N) is 2. The topological polar surface area (TPSA) is 75.3 Å². The molecule has 0 aromatic heterocycles. The average molecular weight is 390 g/mol. The molecule has 0 aliphatic carbocycles. The second-order valence-corrected chi connectivity index (χ2v) is 6.97. The lowest BCUT2D eigenvalue weighted by Crippen LogP contribution is -2.41. The maximum Gasteiger partial charge on any atom is 0.267 e. The third kappa shape index (κ3) is 4.04. The number of hydrogen-bond acceptors (Lipinski definition) is 3. The normalized spacial score (nSPS) is 11.1. The molecule has 21 heavy (non-hydrogen) atoms. The molecule has 0 bridgehead atoms. The van der Waals surface area contributed by atoms with Crippen LogP contribution in [0.15, 0.2) is 57.9 Å². The van der Waals surface area contributed by atoms with Crippen LogP contribution in [0.2, 0.25) is 5.02 Å². The first-order valence-electron chi connectivity index (χ1n) is 5.72. The van der Waals surface area contributed by atoms with Gasteiger partial charge in [-0.2, -0.15) is 0 Å². The molecular formula is C13H10BrClN2O3S. The Morgan fingerprint density at radius 3 is 2.48 bits per heavy atom. The molecule has 0 saturated heterocycles. The summed E-state index contributed by atoms with van der Waals surface area (Å²) in [5.74, 6) is -0.576. The summed E-state index contributed by atoms with van der Waals surface area (Å²) in [4.78, 5) is 13.9. The quantitative estimate of drug-likeness (QED) is 0.790. The number of hydrazine groups is 1. The fourth-order valence-electron chi connectivity index (χ4n) is 1.52. The second-order valence-electron chi connectivity index (χ2n) is 4.00. The molecule has 2 rings (SSSR count). The minimum absolute atomic E-state index is 0.0394. The molecule has 0 heterocycles. The van der Waals surface area contributed by atoms with Gasteiger partial charge in [-0.3, -0.25) is 10.2 Å². The Morgan fingerprint density at radius 2 is 1.81 bits per heavy atom. The first kappa shape index (κ1) is 16.0. The highest BCUT2D eigenvalue weighted by Crippen LogP contribution is 2.16. The lowest BCUT2D eigenvalue weighted by Gasteiger charge is -2.09. The minimum Gasteiger partial charge on any atom is -0.273 e. The van der Waals surface area contributed by atoms with Gasteiger partial charge in [0.15, 0.2) is 0 Å². The summed E-state index contributed by atoms with van der Waals surface area (Å²) in [6, 6.07) is 12.4. The average Bonchev–Trinajstić information content (AvgIpc) is 2.45. The predicted molar refractivity (Wildman–Crippen MR) is 83.4 cm³/mol. The highest BCUT2D eigenvalue weighted by molar-refractivity contribution is 9.10. The van der Waals surface area contributed by atoms with E-state index < -0.39 is 15.9 Å². The van der Waals surface area contributed by atoms with Gasteiger partial charge in [0.25, 0.3) is 15.9 Å². The van der Waals surface area contributed by atoms with Crippen LogP contribution in [0.3, 0.4) is 0 Å². The molecule has 1 amide bonds. The predicted octanol–water partition coefficient (Wildman–Crippen LogP) is 2.73. The number of halogens is 2. The van der Waals surface area contributed by atoms with Crippen LogP contribution in [0.5, 0.6) is 0 Å². The summed E-state index contributed by atoms with van der Waals surface area (Å²) in [5, 5.41) is 0.287. The second kappa shape index (κ2) is 6.57. The Hall–Kier alpha value is -1.41. The van der Waals surface area contributed by atoms with E-state index in [2.05, 4.69) is 21.4 Å². The van der Waals surface area contributed by atoms with Crippen molar-refractivity contribution in [2.75, 3.05) is 0 Å². The van der Waals surface area contributed by atoms with Crippen molar-refractivity contribution >= 4 is 43.5 Å². The van der Waals surface area contributed by atoms with Crippen LogP contribution in [0.25, 0.3) is 0 Å². The van der Waals surface area contributed by atoms with Gasteiger partial charge in [-0.1, -0.05) is 29.8 Å². The number of carbonyl (C=O) groups excluding carboxylic acids is 1. The van der Waals surface area contributed by atoms with Crippen molar-refractivity contribution in [1.29, 1.82) is 0 Å². The fraction of sp³-hybridized carbons (Fsp3) is 0. The van der Waals surface area contributed by atoms with Gasteiger partial charge in [-0.25, -0.2) is 8.42 Å². The molecule has 2 aromatic rings. The largest absolute Gasteiger partial charge is 0.273 e. The van der Waals surface area contributed by atoms with Gasteiger partial charge in [-0.15, -0.1) is 4.83 Å². The molecule has 5 nitrogen and oxygen atoms in total. The van der Waals surface area contributed by atoms with Gasteiger partial charge < -0.3 is 0 Å². The zero-order valence-corrected chi connectivity index (χ0v) is 13.7. The number of amides is 1. The molecule has 0 unspecified atom stereocenters. The first-order valence-corrected chi connectivity index (χ1v) is 8.38. The Labute approximate surface area is 135 Å². The minimum atomic E-state index is -3.88. The molecule has 2 aromatic carbocycles. The fourth-order valence-corrected chi connectivity index (χ4v) is 3.12. The smallest absolute Gasteiger partial charge is 0.267 e. The number of hydrogen-bond donors (Lipinski definition) is 2. The molecular weight excluding hydrogens is 380 g/mol. The van der Waals surface area contributed by atoms with E-state index in [0.29, 0.717) is 10.0 Å². The molecule has 0 spiro atoms. The summed E-state index contributed by atoms with van der Waals surface area (Å²) in [6.07, 6.45) is 0. The monoisotopic (exact) mass is 388 g/mol. The van der Waals surface area contributed by atoms with Crippen LogP contribution in [0.4, 0.5) is 0 Å². The molecule has 0 radical (unpaired) electrons. The molecule has 2 N–H and O–H groups in total. The van der Waals surface area contributed by atoms with Crippen molar-refractivity contribution in [2.24, 2.45) is 0 Å². The summed E-state index contributed by atoms with van der Waals surface area (Å²) < 4.78 is 24.6. The van der Waals surface area contributed by atoms with Crippen LogP contribution in [-0.4, -0.2) is 14.3 Å². The van der Waals surface area contributed by atoms with E-state index in [4.69, 9.17) is 11.6 Å². The Balaban J connectivity index is 2.12. The highest BCUT2D eigenvalue weighted by Gasteiger charge is 2.16. The summed E-state index contributed by atoms with van der Waals surface area (Å²) >= 11 is 8.96. The lowest BCUT2D eigenvalue weighted by atomic mass is 10.2. The van der Waals surface area contributed by atoms with E-state index in [1.165, 1.54) is 18.2 Å². The highest BCUT2D eigenvalue weighted by atomic mass is 79.9. The summed E-state index contributed by atoms with van der Waals surface area (Å²) in [6.45, 7) is 0. The Bertz CT molecular complexity index is 780. The van der Waals surface area contributed by atoms with E-state index in [9.17, 15) is 13.2 Å². The summed E-state index contributed by atoms with van der Waals surface area (Å²) in [7, 11) is -3.88. The van der Waals surface area contributed by atoms with E-state index in [0.717, 1.165) is 0 Å². The Morgan fingerprint density at radius 1 is 1.10 bits per heavy atom. The van der Waals surface area contributed by atoms with Crippen molar-refractivity contribution in [3.05, 3.63) is 63.6 Å². The van der Waals surface area contributed by atoms with Crippen molar-refractivity contribution < 1.29 is 13.2 Å². The molecule has 8 heteroatoms. The van der Waals surface area contributed by atoms with Crippen molar-refractivity contribution in [3.8, 4) is 0 Å². The summed E-state index contributed by atoms with van der Waals surface area (Å²) in [5.41, 5.74) is 2.46. The van der Waals surface area contributed by atoms with Crippen LogP contribution in [0, 0.1) is 0 Å². The van der Waals surface area contributed by atoms with Crippen LogP contribution >= 0.6 is 27.5 Å². The molecule has 110 valence electrons. The molecule has 0 fully saturated rings. The van der Waals surface area contributed by atoms with Crippen LogP contribution in [0.1, 0.15) is 10.4 Å². The number of rotatable bonds is 4. The zero-order valence-electron chi connectivity index (χ0n) is 10.5. The molecule has 0 aliphatic rings. The van der Waals surface area contributed by atoms with Gasteiger partial charge >= 0.3 is 0 Å². The number of benzene rings is 2. The maximum atomic E-state index is 12.0. The third-order valence-electron chi connectivity index (χ3n) is 2.52. The van der Waals surface area contributed by atoms with Crippen molar-refractivity contribution in [3.63, 3.8) is 0 Å². The lowest BCUT2D eigenvalue weighted by molar-refractivity contribution is 0.0944. The molecule has 0 saturated carbocycles. The third-order valence-corrected chi connectivity index (χ3v) is 4.70. The van der Waals surface area contributed by atoms with Crippen molar-refractivity contribution in [1.82, 2.24) is 10.3 Å². The molecule has 0 atom stereocenters. The van der Waals surface area contributed by atoms with Gasteiger partial charge in [0.1, 0.15) is 0 Å². The molecule has 0 aliphatic heterocycles. The van der Waals surface area contributed by atoms with Crippen molar-refractivity contribution in [2.45, 2.75) is 4.90 Å². The van der Waals surface area contributed by atoms with Crippen LogP contribution < -0.4 is 10.3 Å². The van der Waals surface area contributed by atoms with Gasteiger partial charge in [-0.05, 0) is 46.3 Å². The number of sulfonamides is 1.